The van der Waals surface area contributed by atoms with Gasteiger partial charge in [-0.2, -0.15) is 0 Å². The molecule has 1 saturated heterocycles. The summed E-state index contributed by atoms with van der Waals surface area (Å²) in [5.74, 6) is -2.58. The van der Waals surface area contributed by atoms with E-state index in [-0.39, 0.29) is 16.9 Å². The van der Waals surface area contributed by atoms with Gasteiger partial charge in [0, 0.05) is 5.56 Å². The van der Waals surface area contributed by atoms with E-state index in [1.165, 1.54) is 52.6 Å². The predicted molar refractivity (Wildman–Crippen MR) is 128 cm³/mol. The van der Waals surface area contributed by atoms with Gasteiger partial charge in [-0.25, -0.2) is 9.37 Å². The number of aromatic hydroxyl groups is 1. The van der Waals surface area contributed by atoms with Crippen molar-refractivity contribution in [2.75, 3.05) is 4.90 Å². The highest BCUT2D eigenvalue weighted by atomic mass is 32.1. The number of hydrogen-bond donors (Lipinski definition) is 2. The molecule has 8 heteroatoms. The highest BCUT2D eigenvalue weighted by Crippen LogP contribution is 2.44. The van der Waals surface area contributed by atoms with Crippen LogP contribution in [0.25, 0.3) is 16.0 Å². The van der Waals surface area contributed by atoms with Crippen LogP contribution in [0.15, 0.2) is 66.2 Å². The molecule has 1 aliphatic rings. The molecular weight excluding hydrogens is 455 g/mol. The van der Waals surface area contributed by atoms with E-state index in [1.54, 1.807) is 12.1 Å². The molecule has 1 aromatic heterocycles. The molecule has 6 nitrogen and oxygen atoms in total. The number of Topliss-reactive ketones (excluding diaryl/α,β-unsaturated/α-hetero) is 1. The predicted octanol–water partition coefficient (Wildman–Crippen LogP) is 5.38. The second kappa shape index (κ2) is 8.07. The van der Waals surface area contributed by atoms with Gasteiger partial charge in [0.2, 0.25) is 0 Å². The molecule has 0 spiro atoms. The Morgan fingerprint density at radius 3 is 2.32 bits per heavy atom. The first-order chi connectivity index (χ1) is 16.2. The molecule has 5 rings (SSSR count). The Morgan fingerprint density at radius 2 is 1.65 bits per heavy atom. The summed E-state index contributed by atoms with van der Waals surface area (Å²) in [6, 6.07) is 14.0. The number of benzene rings is 3. The van der Waals surface area contributed by atoms with Gasteiger partial charge in [-0.05, 0) is 79.1 Å². The van der Waals surface area contributed by atoms with Crippen molar-refractivity contribution in [2.24, 2.45) is 0 Å². The molecule has 170 valence electrons. The van der Waals surface area contributed by atoms with Crippen molar-refractivity contribution in [1.82, 2.24) is 4.98 Å². The lowest BCUT2D eigenvalue weighted by Gasteiger charge is -2.23. The number of rotatable bonds is 3. The number of aliphatic hydroxyl groups excluding tert-OH is 1. The molecule has 0 radical (unpaired) electrons. The highest BCUT2D eigenvalue weighted by molar-refractivity contribution is 7.22. The fraction of sp³-hybridized carbons (Fsp3) is 0.115. The van der Waals surface area contributed by atoms with Crippen molar-refractivity contribution < 1.29 is 24.2 Å². The van der Waals surface area contributed by atoms with E-state index in [1.807, 2.05) is 26.0 Å². The largest absolute Gasteiger partial charge is 0.508 e. The Kier molecular flexibility index (Phi) is 5.17. The van der Waals surface area contributed by atoms with Crippen molar-refractivity contribution in [3.63, 3.8) is 0 Å². The number of anilines is 1. The first kappa shape index (κ1) is 21.8. The van der Waals surface area contributed by atoms with Gasteiger partial charge in [-0.15, -0.1) is 0 Å². The normalized spacial score (nSPS) is 17.6. The summed E-state index contributed by atoms with van der Waals surface area (Å²) in [4.78, 5) is 32.3. The van der Waals surface area contributed by atoms with Crippen LogP contribution in [-0.2, 0) is 9.59 Å². The van der Waals surface area contributed by atoms with Crippen molar-refractivity contribution >= 4 is 44.1 Å². The molecule has 0 saturated carbocycles. The van der Waals surface area contributed by atoms with Crippen LogP contribution in [0.3, 0.4) is 0 Å². The van der Waals surface area contributed by atoms with Crippen LogP contribution in [0.4, 0.5) is 9.52 Å². The fourth-order valence-corrected chi connectivity index (χ4v) is 5.11. The number of phenols is 1. The number of carbonyl (C=O) groups excluding carboxylic acids is 2. The number of ketones is 1. The molecule has 0 aliphatic carbocycles. The smallest absolute Gasteiger partial charge is 0.301 e. The van der Waals surface area contributed by atoms with Crippen molar-refractivity contribution in [2.45, 2.75) is 19.9 Å². The van der Waals surface area contributed by atoms with Crippen molar-refractivity contribution in [3.05, 3.63) is 94.3 Å². The zero-order chi connectivity index (χ0) is 24.1. The lowest BCUT2D eigenvalue weighted by Crippen LogP contribution is -2.29. The maximum absolute atomic E-state index is 13.4. The molecule has 1 fully saturated rings. The van der Waals surface area contributed by atoms with Crippen molar-refractivity contribution in [3.8, 4) is 5.75 Å². The molecule has 2 heterocycles. The Morgan fingerprint density at radius 1 is 1.00 bits per heavy atom. The summed E-state index contributed by atoms with van der Waals surface area (Å²) >= 11 is 1.27. The maximum Gasteiger partial charge on any atom is 0.301 e. The number of fused-ring (bicyclic) bond motifs is 1. The molecule has 0 bridgehead atoms. The molecule has 1 aliphatic heterocycles. The Labute approximate surface area is 198 Å². The molecule has 4 aromatic rings. The third-order valence-electron chi connectivity index (χ3n) is 5.97. The minimum atomic E-state index is -0.978. The van der Waals surface area contributed by atoms with Gasteiger partial charge in [-0.1, -0.05) is 23.5 Å². The zero-order valence-electron chi connectivity index (χ0n) is 18.2. The van der Waals surface area contributed by atoms with E-state index in [9.17, 15) is 24.2 Å². The number of amides is 1. The number of halogens is 1. The second-order valence-corrected chi connectivity index (χ2v) is 9.18. The average molecular weight is 475 g/mol. The van der Waals surface area contributed by atoms with Crippen LogP contribution in [0.5, 0.6) is 5.75 Å². The van der Waals surface area contributed by atoms with E-state index in [0.29, 0.717) is 16.2 Å². The standard InChI is InChI=1S/C26H19FN2O4S/c1-13-11-19-20(12-14(13)2)34-26(28-19)29-22(15-5-9-18(30)10-6-15)21(24(32)25(29)33)23(31)16-3-7-17(27)8-4-16/h3-12,22,30-31H,1-2H3/b23-21+. The van der Waals surface area contributed by atoms with E-state index >= 15 is 0 Å². The van der Waals surface area contributed by atoms with Crippen LogP contribution in [0.2, 0.25) is 0 Å². The minimum absolute atomic E-state index is 0.0187. The van der Waals surface area contributed by atoms with Crippen molar-refractivity contribution in [1.29, 1.82) is 0 Å². The van der Waals surface area contributed by atoms with E-state index in [4.69, 9.17) is 0 Å². The lowest BCUT2D eigenvalue weighted by molar-refractivity contribution is -0.132. The third-order valence-corrected chi connectivity index (χ3v) is 6.99. The number of thiazole rings is 1. The monoisotopic (exact) mass is 474 g/mol. The molecule has 1 amide bonds. The van der Waals surface area contributed by atoms with Crippen LogP contribution in [-0.4, -0.2) is 26.9 Å². The second-order valence-electron chi connectivity index (χ2n) is 8.17. The van der Waals surface area contributed by atoms with Crippen LogP contribution in [0, 0.1) is 19.7 Å². The van der Waals surface area contributed by atoms with Gasteiger partial charge in [0.15, 0.2) is 5.13 Å². The third kappa shape index (κ3) is 3.52. The van der Waals surface area contributed by atoms with E-state index in [2.05, 4.69) is 4.98 Å². The number of aliphatic hydroxyl groups is 1. The number of aryl methyl sites for hydroxylation is 2. The van der Waals surface area contributed by atoms with Crippen LogP contribution in [0.1, 0.15) is 28.3 Å². The van der Waals surface area contributed by atoms with Crippen LogP contribution >= 0.6 is 11.3 Å². The first-order valence-corrected chi connectivity index (χ1v) is 11.3. The van der Waals surface area contributed by atoms with Gasteiger partial charge in [0.05, 0.1) is 21.8 Å². The Hall–Kier alpha value is -4.04. The topological polar surface area (TPSA) is 90.7 Å². The van der Waals surface area contributed by atoms with Gasteiger partial charge >= 0.3 is 5.91 Å². The lowest BCUT2D eigenvalue weighted by atomic mass is 9.95. The summed E-state index contributed by atoms with van der Waals surface area (Å²) in [6.07, 6.45) is 0. The van der Waals surface area contributed by atoms with Gasteiger partial charge in [-0.3, -0.25) is 14.5 Å². The molecule has 1 unspecified atom stereocenters. The number of aromatic nitrogens is 1. The van der Waals surface area contributed by atoms with Gasteiger partial charge in [0.1, 0.15) is 17.3 Å². The molecular formula is C26H19FN2O4S. The Bertz CT molecular complexity index is 1450. The summed E-state index contributed by atoms with van der Waals surface area (Å²) in [5.41, 5.74) is 3.42. The number of nitrogens with zero attached hydrogens (tertiary/aromatic N) is 2. The molecule has 2 N–H and O–H groups in total. The average Bonchev–Trinajstić information content (AvgIpc) is 3.32. The number of phenolic OH excluding ortho intramolecular Hbond substituents is 1. The Balaban J connectivity index is 1.73. The zero-order valence-corrected chi connectivity index (χ0v) is 19.1. The summed E-state index contributed by atoms with van der Waals surface area (Å²) in [7, 11) is 0. The van der Waals surface area contributed by atoms with Crippen LogP contribution < -0.4 is 4.90 Å². The maximum atomic E-state index is 13.4. The SMILES string of the molecule is Cc1cc2nc(N3C(=O)C(=O)/C(=C(/O)c4ccc(F)cc4)C3c3ccc(O)cc3)sc2cc1C. The quantitative estimate of drug-likeness (QED) is 0.236. The van der Waals surface area contributed by atoms with Gasteiger partial charge < -0.3 is 10.2 Å². The fourth-order valence-electron chi connectivity index (χ4n) is 4.04. The van der Waals surface area contributed by atoms with E-state index in [0.717, 1.165) is 15.8 Å². The first-order valence-electron chi connectivity index (χ1n) is 10.5. The van der Waals surface area contributed by atoms with E-state index < -0.39 is 29.3 Å². The summed E-state index contributed by atoms with van der Waals surface area (Å²) < 4.78 is 14.3. The molecule has 1 atom stereocenters. The number of carbonyl (C=O) groups is 2. The van der Waals surface area contributed by atoms with Gasteiger partial charge in [0.25, 0.3) is 5.78 Å². The molecule has 3 aromatic carbocycles. The summed E-state index contributed by atoms with van der Waals surface area (Å²) in [5, 5.41) is 21.1. The number of hydrogen-bond acceptors (Lipinski definition) is 6. The molecule has 34 heavy (non-hydrogen) atoms. The highest BCUT2D eigenvalue weighted by Gasteiger charge is 2.48. The minimum Gasteiger partial charge on any atom is -0.508 e. The summed E-state index contributed by atoms with van der Waals surface area (Å²) in [6.45, 7) is 3.96.